The highest BCUT2D eigenvalue weighted by Crippen LogP contribution is 2.26. The zero-order chi connectivity index (χ0) is 21.9. The lowest BCUT2D eigenvalue weighted by Gasteiger charge is -2.33. The van der Waals surface area contributed by atoms with E-state index in [1.807, 2.05) is 18.2 Å². The Morgan fingerprint density at radius 3 is 2.79 bits per heavy atom. The molecule has 0 saturated carbocycles. The van der Waals surface area contributed by atoms with Gasteiger partial charge in [0, 0.05) is 43.2 Å². The van der Waals surface area contributed by atoms with Crippen molar-refractivity contribution in [2.45, 2.75) is 38.1 Å². The number of pyridine rings is 2. The van der Waals surface area contributed by atoms with E-state index in [0.29, 0.717) is 12.5 Å². The minimum absolute atomic E-state index is 0. The molecule has 1 aromatic carbocycles. The van der Waals surface area contributed by atoms with Crippen LogP contribution in [-0.2, 0) is 12.8 Å². The molecule has 0 unspecified atom stereocenters. The number of rotatable bonds is 6. The molecule has 5 rings (SSSR count). The number of ether oxygens (including phenoxy) is 1. The molecule has 4 heterocycles. The SMILES string of the molecule is COc1ccc2ncc(F)c(CCN3CCC(Nc4ccc5c(n4)NCCC5)CC3)c2c1.Cl.Cl. The predicted molar refractivity (Wildman–Crippen MR) is 141 cm³/mol. The maximum Gasteiger partial charge on any atom is 0.145 e. The van der Waals surface area contributed by atoms with Crippen LogP contribution in [-0.4, -0.2) is 54.2 Å². The van der Waals surface area contributed by atoms with Crippen LogP contribution in [0, 0.1) is 5.82 Å². The fourth-order valence-electron chi connectivity index (χ4n) is 4.77. The van der Waals surface area contributed by atoms with Crippen LogP contribution in [0.3, 0.4) is 0 Å². The first-order valence-electron chi connectivity index (χ1n) is 11.5. The summed E-state index contributed by atoms with van der Waals surface area (Å²) in [6, 6.07) is 10.3. The molecule has 0 radical (unpaired) electrons. The summed E-state index contributed by atoms with van der Waals surface area (Å²) in [4.78, 5) is 11.4. The van der Waals surface area contributed by atoms with Crippen molar-refractivity contribution in [3.8, 4) is 5.75 Å². The Hall–Kier alpha value is -2.35. The standard InChI is InChI=1S/C25H30FN5O.2ClH/c1-32-19-5-6-23-21(15-19)20(22(26)16-28-23)10-14-31-12-8-18(9-13-31)29-24-7-4-17-3-2-11-27-25(17)30-24;;/h4-7,15-16,18H,2-3,8-14H2,1H3,(H2,27,29,30);2*1H. The molecule has 0 bridgehead atoms. The average molecular weight is 508 g/mol. The van der Waals surface area contributed by atoms with Gasteiger partial charge in [0.1, 0.15) is 23.2 Å². The van der Waals surface area contributed by atoms with Gasteiger partial charge in [0.25, 0.3) is 0 Å². The molecule has 0 amide bonds. The lowest BCUT2D eigenvalue weighted by molar-refractivity contribution is 0.221. The molecule has 2 aliphatic rings. The van der Waals surface area contributed by atoms with Crippen molar-refractivity contribution in [1.82, 2.24) is 14.9 Å². The first kappa shape index (κ1) is 26.3. The largest absolute Gasteiger partial charge is 0.497 e. The van der Waals surface area contributed by atoms with Crippen molar-refractivity contribution in [1.29, 1.82) is 0 Å². The number of halogens is 3. The molecule has 184 valence electrons. The van der Waals surface area contributed by atoms with E-state index in [2.05, 4.69) is 32.7 Å². The number of likely N-dealkylation sites (tertiary alicyclic amines) is 1. The van der Waals surface area contributed by atoms with Gasteiger partial charge in [-0.05, 0) is 61.9 Å². The third kappa shape index (κ3) is 5.82. The molecule has 0 spiro atoms. The second kappa shape index (κ2) is 11.9. The molecule has 34 heavy (non-hydrogen) atoms. The van der Waals surface area contributed by atoms with Gasteiger partial charge < -0.3 is 20.3 Å². The van der Waals surface area contributed by atoms with E-state index in [-0.39, 0.29) is 30.6 Å². The van der Waals surface area contributed by atoms with Gasteiger partial charge in [-0.25, -0.2) is 9.37 Å². The van der Waals surface area contributed by atoms with Gasteiger partial charge in [-0.2, -0.15) is 0 Å². The minimum atomic E-state index is -0.241. The zero-order valence-corrected chi connectivity index (χ0v) is 21.0. The topological polar surface area (TPSA) is 62.3 Å². The van der Waals surface area contributed by atoms with E-state index in [1.165, 1.54) is 18.2 Å². The monoisotopic (exact) mass is 507 g/mol. The molecule has 2 aliphatic heterocycles. The Balaban J connectivity index is 0.00000162. The molecule has 1 saturated heterocycles. The number of nitrogens with zero attached hydrogens (tertiary/aromatic N) is 3. The first-order valence-corrected chi connectivity index (χ1v) is 11.5. The average Bonchev–Trinajstić information content (AvgIpc) is 2.84. The number of hydrogen-bond donors (Lipinski definition) is 2. The van der Waals surface area contributed by atoms with Crippen molar-refractivity contribution < 1.29 is 9.13 Å². The number of anilines is 2. The van der Waals surface area contributed by atoms with Crippen molar-refractivity contribution in [2.75, 3.05) is 43.9 Å². The summed E-state index contributed by atoms with van der Waals surface area (Å²) >= 11 is 0. The van der Waals surface area contributed by atoms with Crippen LogP contribution in [0.1, 0.15) is 30.4 Å². The molecule has 1 fully saturated rings. The Morgan fingerprint density at radius 2 is 2.00 bits per heavy atom. The lowest BCUT2D eigenvalue weighted by Crippen LogP contribution is -2.40. The smallest absolute Gasteiger partial charge is 0.145 e. The summed E-state index contributed by atoms with van der Waals surface area (Å²) in [5, 5.41) is 7.85. The van der Waals surface area contributed by atoms with Crippen LogP contribution < -0.4 is 15.4 Å². The Labute approximate surface area is 212 Å². The van der Waals surface area contributed by atoms with Crippen LogP contribution in [0.25, 0.3) is 10.9 Å². The maximum atomic E-state index is 14.6. The second-order valence-electron chi connectivity index (χ2n) is 8.71. The predicted octanol–water partition coefficient (Wildman–Crippen LogP) is 5.10. The first-order chi connectivity index (χ1) is 15.7. The molecule has 0 aliphatic carbocycles. The molecular weight excluding hydrogens is 476 g/mol. The van der Waals surface area contributed by atoms with E-state index >= 15 is 0 Å². The van der Waals surface area contributed by atoms with E-state index in [9.17, 15) is 4.39 Å². The van der Waals surface area contributed by atoms with Gasteiger partial charge in [0.05, 0.1) is 18.8 Å². The Kier molecular flexibility index (Phi) is 9.17. The summed E-state index contributed by atoms with van der Waals surface area (Å²) in [6.07, 6.45) is 6.38. The summed E-state index contributed by atoms with van der Waals surface area (Å²) in [5.74, 6) is 2.47. The van der Waals surface area contributed by atoms with Gasteiger partial charge in [0.15, 0.2) is 0 Å². The molecule has 6 nitrogen and oxygen atoms in total. The number of hydrogen-bond acceptors (Lipinski definition) is 6. The fraction of sp³-hybridized carbons (Fsp3) is 0.440. The quantitative estimate of drug-likeness (QED) is 0.483. The van der Waals surface area contributed by atoms with Crippen LogP contribution in [0.4, 0.5) is 16.0 Å². The number of fused-ring (bicyclic) bond motifs is 2. The number of aromatic nitrogens is 2. The van der Waals surface area contributed by atoms with E-state index in [4.69, 9.17) is 9.72 Å². The fourth-order valence-corrected chi connectivity index (χ4v) is 4.77. The molecule has 3 aromatic rings. The number of piperidine rings is 1. The molecule has 2 aromatic heterocycles. The number of benzene rings is 1. The van der Waals surface area contributed by atoms with Gasteiger partial charge in [-0.15, -0.1) is 24.8 Å². The molecule has 2 N–H and O–H groups in total. The third-order valence-corrected chi connectivity index (χ3v) is 6.65. The van der Waals surface area contributed by atoms with Crippen molar-refractivity contribution >= 4 is 47.4 Å². The Morgan fingerprint density at radius 1 is 1.18 bits per heavy atom. The lowest BCUT2D eigenvalue weighted by atomic mass is 10.0. The zero-order valence-electron chi connectivity index (χ0n) is 19.3. The number of methoxy groups -OCH3 is 1. The van der Waals surface area contributed by atoms with E-state index in [0.717, 1.165) is 79.3 Å². The normalized spacial score (nSPS) is 16.1. The molecular formula is C25H32Cl2FN5O. The summed E-state index contributed by atoms with van der Waals surface area (Å²) in [6.45, 7) is 3.83. The van der Waals surface area contributed by atoms with Crippen molar-refractivity contribution in [3.63, 3.8) is 0 Å². The second-order valence-corrected chi connectivity index (χ2v) is 8.71. The van der Waals surface area contributed by atoms with Crippen molar-refractivity contribution in [2.24, 2.45) is 0 Å². The Bertz CT molecular complexity index is 1110. The summed E-state index contributed by atoms with van der Waals surface area (Å²) < 4.78 is 19.9. The third-order valence-electron chi connectivity index (χ3n) is 6.65. The van der Waals surface area contributed by atoms with Gasteiger partial charge in [0.2, 0.25) is 0 Å². The summed E-state index contributed by atoms with van der Waals surface area (Å²) in [7, 11) is 1.63. The van der Waals surface area contributed by atoms with Gasteiger partial charge >= 0.3 is 0 Å². The minimum Gasteiger partial charge on any atom is -0.497 e. The van der Waals surface area contributed by atoms with Gasteiger partial charge in [-0.1, -0.05) is 6.07 Å². The van der Waals surface area contributed by atoms with Crippen LogP contribution in [0.2, 0.25) is 0 Å². The highest BCUT2D eigenvalue weighted by Gasteiger charge is 2.21. The number of aryl methyl sites for hydroxylation is 1. The number of nitrogens with one attached hydrogen (secondary N) is 2. The van der Waals surface area contributed by atoms with E-state index in [1.54, 1.807) is 7.11 Å². The van der Waals surface area contributed by atoms with E-state index < -0.39 is 0 Å². The van der Waals surface area contributed by atoms with Crippen molar-refractivity contribution in [3.05, 3.63) is 53.5 Å². The highest BCUT2D eigenvalue weighted by molar-refractivity contribution is 5.85. The van der Waals surface area contributed by atoms with Crippen LogP contribution in [0.5, 0.6) is 5.75 Å². The maximum absolute atomic E-state index is 14.6. The highest BCUT2D eigenvalue weighted by atomic mass is 35.5. The molecule has 9 heteroatoms. The summed E-state index contributed by atoms with van der Waals surface area (Å²) in [5.41, 5.74) is 2.84. The molecule has 0 atom stereocenters. The van der Waals surface area contributed by atoms with Gasteiger partial charge in [-0.3, -0.25) is 4.98 Å². The van der Waals surface area contributed by atoms with Crippen LogP contribution >= 0.6 is 24.8 Å². The van der Waals surface area contributed by atoms with Crippen LogP contribution in [0.15, 0.2) is 36.5 Å².